The quantitative estimate of drug-likeness (QED) is 0.890. The van der Waals surface area contributed by atoms with E-state index in [4.69, 9.17) is 11.6 Å². The van der Waals surface area contributed by atoms with Gasteiger partial charge in [-0.3, -0.25) is 0 Å². The van der Waals surface area contributed by atoms with E-state index in [2.05, 4.69) is 0 Å². The van der Waals surface area contributed by atoms with Gasteiger partial charge in [-0.1, -0.05) is 41.4 Å². The highest BCUT2D eigenvalue weighted by Gasteiger charge is 2.31. The average molecular weight is 297 g/mol. The molecule has 2 rings (SSSR count). The van der Waals surface area contributed by atoms with Gasteiger partial charge in [0.05, 0.1) is 17.6 Å². The smallest absolute Gasteiger partial charge is 0.0931 e. The third kappa shape index (κ3) is 3.18. The number of thiophene rings is 1. The molecule has 1 aromatic carbocycles. The molecule has 0 radical (unpaired) electrons. The highest BCUT2D eigenvalue weighted by atomic mass is 35.5. The Morgan fingerprint density at radius 1 is 1.05 bits per heavy atom. The Labute approximate surface area is 122 Å². The average Bonchev–Trinajstić information content (AvgIpc) is 2.82. The summed E-state index contributed by atoms with van der Waals surface area (Å²) in [7, 11) is 0. The van der Waals surface area contributed by atoms with E-state index in [1.165, 1.54) is 11.3 Å². The Hall–Kier alpha value is -0.870. The maximum atomic E-state index is 9.78. The summed E-state index contributed by atoms with van der Waals surface area (Å²) in [5.74, 6) is 0. The van der Waals surface area contributed by atoms with Crippen LogP contribution in [0.3, 0.4) is 0 Å². The van der Waals surface area contributed by atoms with Gasteiger partial charge in [0.1, 0.15) is 0 Å². The molecule has 0 fully saturated rings. The first kappa shape index (κ1) is 14.5. The molecular formula is C15H17ClO2S. The fraction of sp³-hybridized carbons (Fsp3) is 0.333. The fourth-order valence-corrected chi connectivity index (χ4v) is 3.37. The van der Waals surface area contributed by atoms with Gasteiger partial charge in [0, 0.05) is 10.3 Å². The van der Waals surface area contributed by atoms with Crippen molar-refractivity contribution in [2.75, 3.05) is 13.2 Å². The predicted molar refractivity (Wildman–Crippen MR) is 80.1 cm³/mol. The molecule has 0 aliphatic heterocycles. The number of halogens is 1. The molecular weight excluding hydrogens is 280 g/mol. The number of rotatable bonds is 5. The summed E-state index contributed by atoms with van der Waals surface area (Å²) in [6.07, 6.45) is 0.584. The van der Waals surface area contributed by atoms with Gasteiger partial charge in [-0.05, 0) is 31.0 Å². The standard InChI is InChI=1S/C15H17ClO2S/c1-11-2-4-12(5-3-11)15(9-17,10-18)8-13-6-7-14(16)19-13/h2-7,17-18H,8-10H2,1H3. The van der Waals surface area contributed by atoms with Crippen LogP contribution in [0.1, 0.15) is 16.0 Å². The van der Waals surface area contributed by atoms with Gasteiger partial charge >= 0.3 is 0 Å². The maximum Gasteiger partial charge on any atom is 0.0931 e. The SMILES string of the molecule is Cc1ccc(C(CO)(CO)Cc2ccc(Cl)s2)cc1. The minimum atomic E-state index is -0.651. The van der Waals surface area contributed by atoms with Crippen LogP contribution in [0.5, 0.6) is 0 Å². The summed E-state index contributed by atoms with van der Waals surface area (Å²) in [5, 5.41) is 19.6. The predicted octanol–water partition coefficient (Wildman–Crippen LogP) is 3.18. The zero-order chi connectivity index (χ0) is 13.9. The zero-order valence-corrected chi connectivity index (χ0v) is 12.3. The molecule has 0 saturated carbocycles. The summed E-state index contributed by atoms with van der Waals surface area (Å²) in [4.78, 5) is 1.06. The minimum absolute atomic E-state index is 0.0952. The van der Waals surface area contributed by atoms with E-state index < -0.39 is 5.41 Å². The van der Waals surface area contributed by atoms with Crippen LogP contribution in [0.15, 0.2) is 36.4 Å². The Balaban J connectivity index is 2.33. The molecule has 102 valence electrons. The molecule has 0 saturated heterocycles. The van der Waals surface area contributed by atoms with Gasteiger partial charge < -0.3 is 10.2 Å². The lowest BCUT2D eigenvalue weighted by atomic mass is 9.78. The van der Waals surface area contributed by atoms with Gasteiger partial charge in [0.25, 0.3) is 0 Å². The van der Waals surface area contributed by atoms with E-state index in [1.807, 2.05) is 43.3 Å². The molecule has 0 aliphatic carbocycles. The Morgan fingerprint density at radius 3 is 2.16 bits per heavy atom. The van der Waals surface area contributed by atoms with Gasteiger partial charge in [-0.15, -0.1) is 11.3 Å². The first-order chi connectivity index (χ1) is 9.09. The number of hydrogen-bond acceptors (Lipinski definition) is 3. The minimum Gasteiger partial charge on any atom is -0.395 e. The van der Waals surface area contributed by atoms with Crippen molar-refractivity contribution < 1.29 is 10.2 Å². The third-order valence-corrected chi connectivity index (χ3v) is 4.64. The molecule has 0 unspecified atom stereocenters. The van der Waals surface area contributed by atoms with Gasteiger partial charge in [0.2, 0.25) is 0 Å². The van der Waals surface area contributed by atoms with Crippen molar-refractivity contribution in [3.8, 4) is 0 Å². The lowest BCUT2D eigenvalue weighted by Gasteiger charge is -2.30. The Bertz CT molecular complexity index is 529. The van der Waals surface area contributed by atoms with Crippen molar-refractivity contribution >= 4 is 22.9 Å². The lowest BCUT2D eigenvalue weighted by molar-refractivity contribution is 0.117. The van der Waals surface area contributed by atoms with Crippen LogP contribution in [0.2, 0.25) is 4.34 Å². The number of hydrogen-bond donors (Lipinski definition) is 2. The molecule has 2 aromatic rings. The second-order valence-corrected chi connectivity index (χ2v) is 6.64. The summed E-state index contributed by atoms with van der Waals surface area (Å²) in [6.45, 7) is 1.83. The molecule has 4 heteroatoms. The summed E-state index contributed by atoms with van der Waals surface area (Å²) in [6, 6.07) is 11.7. The highest BCUT2D eigenvalue weighted by Crippen LogP contribution is 2.32. The molecule has 0 amide bonds. The summed E-state index contributed by atoms with van der Waals surface area (Å²) >= 11 is 7.42. The molecule has 0 aliphatic rings. The molecule has 0 atom stereocenters. The van der Waals surface area contributed by atoms with E-state index in [-0.39, 0.29) is 13.2 Å². The second kappa shape index (κ2) is 6.06. The number of aliphatic hydroxyl groups excluding tert-OH is 2. The lowest BCUT2D eigenvalue weighted by Crippen LogP contribution is -2.37. The van der Waals surface area contributed by atoms with Crippen molar-refractivity contribution in [1.82, 2.24) is 0 Å². The number of benzene rings is 1. The first-order valence-electron chi connectivity index (χ1n) is 6.13. The monoisotopic (exact) mass is 296 g/mol. The van der Waals surface area contributed by atoms with Crippen LogP contribution in [-0.2, 0) is 11.8 Å². The van der Waals surface area contributed by atoms with Crippen LogP contribution >= 0.6 is 22.9 Å². The second-order valence-electron chi connectivity index (χ2n) is 4.85. The largest absolute Gasteiger partial charge is 0.395 e. The molecule has 2 N–H and O–H groups in total. The highest BCUT2D eigenvalue weighted by molar-refractivity contribution is 7.16. The number of aryl methyl sites for hydroxylation is 1. The summed E-state index contributed by atoms with van der Waals surface area (Å²) < 4.78 is 0.726. The van der Waals surface area contributed by atoms with Crippen LogP contribution in [0, 0.1) is 6.92 Å². The molecule has 0 bridgehead atoms. The van der Waals surface area contributed by atoms with Crippen LogP contribution < -0.4 is 0 Å². The van der Waals surface area contributed by atoms with Gasteiger partial charge in [-0.25, -0.2) is 0 Å². The molecule has 19 heavy (non-hydrogen) atoms. The van der Waals surface area contributed by atoms with Crippen molar-refractivity contribution in [2.24, 2.45) is 0 Å². The van der Waals surface area contributed by atoms with E-state index in [9.17, 15) is 10.2 Å². The van der Waals surface area contributed by atoms with Crippen LogP contribution in [0.4, 0.5) is 0 Å². The maximum absolute atomic E-state index is 9.78. The topological polar surface area (TPSA) is 40.5 Å². The Morgan fingerprint density at radius 2 is 1.68 bits per heavy atom. The fourth-order valence-electron chi connectivity index (χ4n) is 2.13. The third-order valence-electron chi connectivity index (χ3n) is 3.41. The van der Waals surface area contributed by atoms with Crippen molar-refractivity contribution in [1.29, 1.82) is 0 Å². The molecule has 1 aromatic heterocycles. The first-order valence-corrected chi connectivity index (χ1v) is 7.32. The van der Waals surface area contributed by atoms with Crippen molar-refractivity contribution in [3.05, 3.63) is 56.7 Å². The Kier molecular flexibility index (Phi) is 4.63. The summed E-state index contributed by atoms with van der Waals surface area (Å²) in [5.41, 5.74) is 1.46. The van der Waals surface area contributed by atoms with Crippen LogP contribution in [-0.4, -0.2) is 23.4 Å². The number of aliphatic hydroxyl groups is 2. The van der Waals surface area contributed by atoms with E-state index in [0.29, 0.717) is 6.42 Å². The van der Waals surface area contributed by atoms with E-state index >= 15 is 0 Å². The zero-order valence-electron chi connectivity index (χ0n) is 10.8. The molecule has 0 spiro atoms. The van der Waals surface area contributed by atoms with Gasteiger partial charge in [0.15, 0.2) is 0 Å². The molecule has 2 nitrogen and oxygen atoms in total. The van der Waals surface area contributed by atoms with Gasteiger partial charge in [-0.2, -0.15) is 0 Å². The molecule has 1 heterocycles. The van der Waals surface area contributed by atoms with Crippen molar-refractivity contribution in [3.63, 3.8) is 0 Å². The van der Waals surface area contributed by atoms with Crippen LogP contribution in [0.25, 0.3) is 0 Å². The normalized spacial score (nSPS) is 11.8. The van der Waals surface area contributed by atoms with E-state index in [0.717, 1.165) is 20.3 Å². The van der Waals surface area contributed by atoms with E-state index in [1.54, 1.807) is 0 Å². The van der Waals surface area contributed by atoms with Crippen molar-refractivity contribution in [2.45, 2.75) is 18.8 Å².